The standard InChI is InChI=1S/C13H27N/c1-12(2)8-5-6-10-14-11-7-9-13(3)4/h5-6,12-14H,7-11H2,1-4H3/b6-5+. The molecule has 0 fully saturated rings. The van der Waals surface area contributed by atoms with Crippen molar-refractivity contribution >= 4 is 0 Å². The molecule has 0 bridgehead atoms. The molecule has 0 atom stereocenters. The molecular formula is C13H27N. The quantitative estimate of drug-likeness (QED) is 0.463. The molecule has 0 aliphatic heterocycles. The summed E-state index contributed by atoms with van der Waals surface area (Å²) in [6.07, 6.45) is 8.36. The first-order valence-electron chi connectivity index (χ1n) is 5.98. The summed E-state index contributed by atoms with van der Waals surface area (Å²) < 4.78 is 0. The summed E-state index contributed by atoms with van der Waals surface area (Å²) in [6, 6.07) is 0. The van der Waals surface area contributed by atoms with Gasteiger partial charge in [0, 0.05) is 6.54 Å². The van der Waals surface area contributed by atoms with Crippen LogP contribution < -0.4 is 5.32 Å². The highest BCUT2D eigenvalue weighted by Crippen LogP contribution is 2.01. The molecule has 0 saturated heterocycles. The molecule has 1 heteroatoms. The average Bonchev–Trinajstić information content (AvgIpc) is 2.08. The van der Waals surface area contributed by atoms with Crippen LogP contribution in [-0.4, -0.2) is 13.1 Å². The summed E-state index contributed by atoms with van der Waals surface area (Å²) in [6.45, 7) is 11.3. The van der Waals surface area contributed by atoms with Crippen molar-refractivity contribution in [1.29, 1.82) is 0 Å². The lowest BCUT2D eigenvalue weighted by Crippen LogP contribution is -2.15. The Morgan fingerprint density at radius 1 is 1.00 bits per heavy atom. The molecule has 0 heterocycles. The molecule has 0 amide bonds. The minimum atomic E-state index is 0.784. The van der Waals surface area contributed by atoms with Gasteiger partial charge in [-0.1, -0.05) is 39.8 Å². The first-order valence-corrected chi connectivity index (χ1v) is 5.98. The van der Waals surface area contributed by atoms with E-state index in [2.05, 4.69) is 45.2 Å². The van der Waals surface area contributed by atoms with Crippen LogP contribution in [0.15, 0.2) is 12.2 Å². The zero-order valence-electron chi connectivity index (χ0n) is 10.3. The van der Waals surface area contributed by atoms with E-state index in [-0.39, 0.29) is 0 Å². The van der Waals surface area contributed by atoms with Crippen LogP contribution in [0.25, 0.3) is 0 Å². The van der Waals surface area contributed by atoms with Crippen LogP contribution in [-0.2, 0) is 0 Å². The third kappa shape index (κ3) is 11.7. The number of rotatable bonds is 8. The van der Waals surface area contributed by atoms with Crippen molar-refractivity contribution in [3.63, 3.8) is 0 Å². The van der Waals surface area contributed by atoms with Gasteiger partial charge in [0.05, 0.1) is 0 Å². The topological polar surface area (TPSA) is 12.0 Å². The Kier molecular flexibility index (Phi) is 9.06. The van der Waals surface area contributed by atoms with Crippen molar-refractivity contribution in [2.45, 2.75) is 47.0 Å². The molecule has 84 valence electrons. The van der Waals surface area contributed by atoms with E-state index >= 15 is 0 Å². The highest BCUT2D eigenvalue weighted by atomic mass is 14.8. The van der Waals surface area contributed by atoms with E-state index in [1.54, 1.807) is 0 Å². The number of nitrogens with one attached hydrogen (secondary N) is 1. The van der Waals surface area contributed by atoms with E-state index in [0.29, 0.717) is 0 Å². The summed E-state index contributed by atoms with van der Waals surface area (Å²) in [5, 5.41) is 3.43. The van der Waals surface area contributed by atoms with E-state index in [9.17, 15) is 0 Å². The summed E-state index contributed by atoms with van der Waals surface area (Å²) in [5.41, 5.74) is 0. The second-order valence-corrected chi connectivity index (χ2v) is 4.84. The normalized spacial score (nSPS) is 12.1. The average molecular weight is 197 g/mol. The molecule has 0 aliphatic rings. The number of allylic oxidation sites excluding steroid dienone is 1. The molecule has 1 nitrogen and oxygen atoms in total. The van der Waals surface area contributed by atoms with Crippen molar-refractivity contribution in [2.24, 2.45) is 11.8 Å². The molecule has 14 heavy (non-hydrogen) atoms. The van der Waals surface area contributed by atoms with Crippen molar-refractivity contribution in [2.75, 3.05) is 13.1 Å². The maximum absolute atomic E-state index is 3.43. The minimum absolute atomic E-state index is 0.784. The molecule has 0 spiro atoms. The van der Waals surface area contributed by atoms with E-state index in [1.165, 1.54) is 19.3 Å². The minimum Gasteiger partial charge on any atom is -0.313 e. The van der Waals surface area contributed by atoms with Gasteiger partial charge in [-0.3, -0.25) is 0 Å². The molecule has 0 aliphatic carbocycles. The van der Waals surface area contributed by atoms with Gasteiger partial charge < -0.3 is 5.32 Å². The lowest BCUT2D eigenvalue weighted by atomic mass is 10.1. The molecular weight excluding hydrogens is 170 g/mol. The summed E-state index contributed by atoms with van der Waals surface area (Å²) in [4.78, 5) is 0. The predicted molar refractivity (Wildman–Crippen MR) is 65.5 cm³/mol. The molecule has 0 unspecified atom stereocenters. The molecule has 0 rings (SSSR count). The van der Waals surface area contributed by atoms with Crippen molar-refractivity contribution in [1.82, 2.24) is 5.32 Å². The van der Waals surface area contributed by atoms with Crippen LogP contribution in [0.2, 0.25) is 0 Å². The summed E-state index contributed by atoms with van der Waals surface area (Å²) in [7, 11) is 0. The summed E-state index contributed by atoms with van der Waals surface area (Å²) in [5.74, 6) is 1.63. The van der Waals surface area contributed by atoms with Gasteiger partial charge in [-0.05, 0) is 37.6 Å². The highest BCUT2D eigenvalue weighted by molar-refractivity contribution is 4.84. The Hall–Kier alpha value is -0.300. The van der Waals surface area contributed by atoms with E-state index in [1.807, 2.05) is 0 Å². The lowest BCUT2D eigenvalue weighted by molar-refractivity contribution is 0.536. The lowest BCUT2D eigenvalue weighted by Gasteiger charge is -2.04. The van der Waals surface area contributed by atoms with Crippen LogP contribution in [0.3, 0.4) is 0 Å². The maximum atomic E-state index is 3.43. The molecule has 1 N–H and O–H groups in total. The first-order chi connectivity index (χ1) is 6.63. The second kappa shape index (κ2) is 9.26. The maximum Gasteiger partial charge on any atom is 0.0134 e. The number of hydrogen-bond donors (Lipinski definition) is 1. The van der Waals surface area contributed by atoms with Gasteiger partial charge in [0.1, 0.15) is 0 Å². The van der Waals surface area contributed by atoms with Crippen LogP contribution in [0.1, 0.15) is 47.0 Å². The highest BCUT2D eigenvalue weighted by Gasteiger charge is 1.92. The Balaban J connectivity index is 3.09. The molecule has 0 saturated carbocycles. The fraction of sp³-hybridized carbons (Fsp3) is 0.846. The van der Waals surface area contributed by atoms with Crippen LogP contribution in [0, 0.1) is 11.8 Å². The van der Waals surface area contributed by atoms with Gasteiger partial charge >= 0.3 is 0 Å². The van der Waals surface area contributed by atoms with Crippen LogP contribution in [0.5, 0.6) is 0 Å². The molecule has 0 radical (unpaired) electrons. The number of hydrogen-bond acceptors (Lipinski definition) is 1. The van der Waals surface area contributed by atoms with Crippen molar-refractivity contribution in [3.8, 4) is 0 Å². The summed E-state index contributed by atoms with van der Waals surface area (Å²) >= 11 is 0. The fourth-order valence-electron chi connectivity index (χ4n) is 1.27. The largest absolute Gasteiger partial charge is 0.313 e. The third-order valence-electron chi connectivity index (χ3n) is 2.17. The monoisotopic (exact) mass is 197 g/mol. The van der Waals surface area contributed by atoms with E-state index in [4.69, 9.17) is 0 Å². The Labute approximate surface area is 90.0 Å². The van der Waals surface area contributed by atoms with Gasteiger partial charge in [0.15, 0.2) is 0 Å². The van der Waals surface area contributed by atoms with Crippen molar-refractivity contribution in [3.05, 3.63) is 12.2 Å². The Morgan fingerprint density at radius 2 is 1.71 bits per heavy atom. The van der Waals surface area contributed by atoms with Gasteiger partial charge in [-0.2, -0.15) is 0 Å². The molecule has 0 aromatic rings. The van der Waals surface area contributed by atoms with Crippen LogP contribution in [0.4, 0.5) is 0 Å². The van der Waals surface area contributed by atoms with Gasteiger partial charge in [-0.15, -0.1) is 0 Å². The smallest absolute Gasteiger partial charge is 0.0134 e. The zero-order chi connectivity index (χ0) is 10.8. The van der Waals surface area contributed by atoms with E-state index < -0.39 is 0 Å². The zero-order valence-corrected chi connectivity index (χ0v) is 10.3. The SMILES string of the molecule is CC(C)C/C=C/CNCCCC(C)C. The molecule has 0 aromatic heterocycles. The predicted octanol–water partition coefficient (Wildman–Crippen LogP) is 3.61. The fourth-order valence-corrected chi connectivity index (χ4v) is 1.27. The van der Waals surface area contributed by atoms with E-state index in [0.717, 1.165) is 24.9 Å². The first kappa shape index (κ1) is 13.7. The molecule has 0 aromatic carbocycles. The second-order valence-electron chi connectivity index (χ2n) is 4.84. The van der Waals surface area contributed by atoms with Gasteiger partial charge in [0.2, 0.25) is 0 Å². The van der Waals surface area contributed by atoms with Gasteiger partial charge in [0.25, 0.3) is 0 Å². The van der Waals surface area contributed by atoms with Crippen LogP contribution >= 0.6 is 0 Å². The Bertz CT molecular complexity index is 136. The van der Waals surface area contributed by atoms with Gasteiger partial charge in [-0.25, -0.2) is 0 Å². The third-order valence-corrected chi connectivity index (χ3v) is 2.17. The Morgan fingerprint density at radius 3 is 2.29 bits per heavy atom. The van der Waals surface area contributed by atoms with Crippen molar-refractivity contribution < 1.29 is 0 Å².